The van der Waals surface area contributed by atoms with Crippen molar-refractivity contribution in [1.29, 1.82) is 0 Å². The normalized spacial score (nSPS) is 11.0. The third kappa shape index (κ3) is 2.78. The Morgan fingerprint density at radius 1 is 1.08 bits per heavy atom. The van der Waals surface area contributed by atoms with Gasteiger partial charge in [-0.25, -0.2) is 9.07 Å². The molecule has 0 unspecified atom stereocenters. The molecule has 0 spiro atoms. The van der Waals surface area contributed by atoms with Gasteiger partial charge in [-0.3, -0.25) is 0 Å². The molecule has 2 heterocycles. The quantitative estimate of drug-likeness (QED) is 0.553. The molecule has 0 radical (unpaired) electrons. The first-order valence-corrected chi connectivity index (χ1v) is 7.78. The van der Waals surface area contributed by atoms with E-state index in [4.69, 9.17) is 16.1 Å². The molecule has 0 bridgehead atoms. The van der Waals surface area contributed by atoms with E-state index in [1.165, 1.54) is 12.1 Å². The Bertz CT molecular complexity index is 1040. The Kier molecular flexibility index (Phi) is 3.77. The predicted molar refractivity (Wildman–Crippen MR) is 89.8 cm³/mol. The molecule has 6 nitrogen and oxygen atoms in total. The number of hydrogen-bond acceptors (Lipinski definition) is 5. The summed E-state index contributed by atoms with van der Waals surface area (Å²) < 4.78 is 20.0. The molecule has 0 aliphatic carbocycles. The molecule has 2 aromatic carbocycles. The van der Waals surface area contributed by atoms with Crippen molar-refractivity contribution in [3.63, 3.8) is 0 Å². The summed E-state index contributed by atoms with van der Waals surface area (Å²) in [5.41, 5.74) is 2.50. The number of hydrogen-bond donors (Lipinski definition) is 0. The summed E-state index contributed by atoms with van der Waals surface area (Å²) in [6, 6.07) is 13.2. The van der Waals surface area contributed by atoms with Gasteiger partial charge in [-0.2, -0.15) is 4.98 Å². The van der Waals surface area contributed by atoms with Crippen molar-refractivity contribution >= 4 is 11.6 Å². The second-order valence-electron chi connectivity index (χ2n) is 5.31. The first-order valence-electron chi connectivity index (χ1n) is 7.41. The fourth-order valence-electron chi connectivity index (χ4n) is 2.43. The first-order chi connectivity index (χ1) is 12.1. The summed E-state index contributed by atoms with van der Waals surface area (Å²) in [6.07, 6.45) is 0. The molecule has 0 aliphatic heterocycles. The van der Waals surface area contributed by atoms with Gasteiger partial charge in [-0.05, 0) is 43.3 Å². The van der Waals surface area contributed by atoms with Gasteiger partial charge < -0.3 is 4.52 Å². The topological polar surface area (TPSA) is 69.6 Å². The van der Waals surface area contributed by atoms with Gasteiger partial charge in [0.05, 0.1) is 16.4 Å². The van der Waals surface area contributed by atoms with Crippen LogP contribution in [-0.2, 0) is 0 Å². The van der Waals surface area contributed by atoms with E-state index in [1.807, 2.05) is 19.1 Å². The molecular formula is C17H11ClFN5O. The van der Waals surface area contributed by atoms with E-state index in [0.29, 0.717) is 33.5 Å². The lowest BCUT2D eigenvalue weighted by atomic mass is 10.2. The van der Waals surface area contributed by atoms with Crippen LogP contribution in [0.25, 0.3) is 28.7 Å². The van der Waals surface area contributed by atoms with Crippen LogP contribution in [0.15, 0.2) is 53.1 Å². The predicted octanol–water partition coefficient (Wildman–Crippen LogP) is 4.09. The zero-order chi connectivity index (χ0) is 17.4. The molecule has 0 aliphatic rings. The van der Waals surface area contributed by atoms with Gasteiger partial charge in [-0.15, -0.1) is 5.10 Å². The number of benzene rings is 2. The smallest absolute Gasteiger partial charge is 0.280 e. The molecule has 25 heavy (non-hydrogen) atoms. The second-order valence-corrected chi connectivity index (χ2v) is 5.72. The highest BCUT2D eigenvalue weighted by atomic mass is 35.5. The van der Waals surface area contributed by atoms with E-state index in [0.717, 1.165) is 0 Å². The van der Waals surface area contributed by atoms with Crippen molar-refractivity contribution in [2.45, 2.75) is 6.92 Å². The van der Waals surface area contributed by atoms with Crippen molar-refractivity contribution in [1.82, 2.24) is 25.1 Å². The summed E-state index contributed by atoms with van der Waals surface area (Å²) in [6.45, 7) is 1.82. The van der Waals surface area contributed by atoms with Gasteiger partial charge in [0.2, 0.25) is 5.82 Å². The summed E-state index contributed by atoms with van der Waals surface area (Å²) in [7, 11) is 0. The molecule has 0 saturated heterocycles. The maximum absolute atomic E-state index is 13.1. The Morgan fingerprint density at radius 2 is 1.84 bits per heavy atom. The van der Waals surface area contributed by atoms with Crippen LogP contribution in [0.4, 0.5) is 4.39 Å². The molecule has 0 fully saturated rings. The van der Waals surface area contributed by atoms with Gasteiger partial charge >= 0.3 is 0 Å². The van der Waals surface area contributed by atoms with Crippen molar-refractivity contribution in [3.8, 4) is 28.7 Å². The molecule has 0 N–H and O–H groups in total. The largest absolute Gasteiger partial charge is 0.332 e. The minimum absolute atomic E-state index is 0.237. The van der Waals surface area contributed by atoms with Crippen molar-refractivity contribution in [2.75, 3.05) is 0 Å². The monoisotopic (exact) mass is 355 g/mol. The third-order valence-electron chi connectivity index (χ3n) is 3.71. The minimum Gasteiger partial charge on any atom is -0.332 e. The molecule has 0 saturated carbocycles. The fraction of sp³-hybridized carbons (Fsp3) is 0.0588. The fourth-order valence-corrected chi connectivity index (χ4v) is 2.65. The summed E-state index contributed by atoms with van der Waals surface area (Å²) in [4.78, 5) is 4.36. The van der Waals surface area contributed by atoms with Crippen LogP contribution in [0, 0.1) is 12.7 Å². The van der Waals surface area contributed by atoms with Crippen LogP contribution in [0.3, 0.4) is 0 Å². The van der Waals surface area contributed by atoms with E-state index in [2.05, 4.69) is 20.5 Å². The van der Waals surface area contributed by atoms with E-state index >= 15 is 0 Å². The van der Waals surface area contributed by atoms with Crippen molar-refractivity contribution in [2.24, 2.45) is 0 Å². The van der Waals surface area contributed by atoms with E-state index in [9.17, 15) is 4.39 Å². The standard InChI is InChI=1S/C17H11ClFN5O/c1-10-15(21-23-24(10)12-8-6-11(19)7-9-12)17-20-16(22-25-17)13-4-2-3-5-14(13)18/h2-9H,1H3. The third-order valence-corrected chi connectivity index (χ3v) is 4.04. The van der Waals surface area contributed by atoms with Crippen LogP contribution >= 0.6 is 11.6 Å². The minimum atomic E-state index is -0.317. The lowest BCUT2D eigenvalue weighted by molar-refractivity contribution is 0.430. The Morgan fingerprint density at radius 3 is 2.60 bits per heavy atom. The van der Waals surface area contributed by atoms with E-state index in [1.54, 1.807) is 28.9 Å². The molecule has 0 amide bonds. The number of aromatic nitrogens is 5. The van der Waals surface area contributed by atoms with E-state index in [-0.39, 0.29) is 11.7 Å². The number of nitrogens with zero attached hydrogens (tertiary/aromatic N) is 5. The molecule has 2 aromatic heterocycles. The first kappa shape index (κ1) is 15.5. The molecule has 4 aromatic rings. The SMILES string of the molecule is Cc1c(-c2nc(-c3ccccc3Cl)no2)nnn1-c1ccc(F)cc1. The second kappa shape index (κ2) is 6.10. The highest BCUT2D eigenvalue weighted by Gasteiger charge is 2.19. The van der Waals surface area contributed by atoms with Crippen molar-refractivity contribution < 1.29 is 8.91 Å². The Hall–Kier alpha value is -3.06. The van der Waals surface area contributed by atoms with Crippen LogP contribution < -0.4 is 0 Å². The number of halogens is 2. The summed E-state index contributed by atoms with van der Waals surface area (Å²) in [5, 5.41) is 12.7. The van der Waals surface area contributed by atoms with Crippen LogP contribution in [0.5, 0.6) is 0 Å². The molecule has 8 heteroatoms. The average Bonchev–Trinajstić information content (AvgIpc) is 3.23. The molecule has 4 rings (SSSR count). The lowest BCUT2D eigenvalue weighted by Crippen LogP contribution is -1.99. The maximum Gasteiger partial charge on any atom is 0.280 e. The number of rotatable bonds is 3. The average molecular weight is 356 g/mol. The van der Waals surface area contributed by atoms with Gasteiger partial charge in [0.15, 0.2) is 5.69 Å². The zero-order valence-electron chi connectivity index (χ0n) is 13.0. The van der Waals surface area contributed by atoms with E-state index < -0.39 is 0 Å². The zero-order valence-corrected chi connectivity index (χ0v) is 13.8. The van der Waals surface area contributed by atoms with Gasteiger partial charge in [0.25, 0.3) is 5.89 Å². The highest BCUT2D eigenvalue weighted by Crippen LogP contribution is 2.28. The molecule has 124 valence electrons. The van der Waals surface area contributed by atoms with Crippen LogP contribution in [0.1, 0.15) is 5.69 Å². The maximum atomic E-state index is 13.1. The molecule has 0 atom stereocenters. The van der Waals surface area contributed by atoms with Gasteiger partial charge in [0, 0.05) is 5.56 Å². The van der Waals surface area contributed by atoms with Crippen LogP contribution in [0.2, 0.25) is 5.02 Å². The van der Waals surface area contributed by atoms with Crippen LogP contribution in [-0.4, -0.2) is 25.1 Å². The summed E-state index contributed by atoms with van der Waals surface area (Å²) in [5.74, 6) is 0.292. The van der Waals surface area contributed by atoms with Crippen molar-refractivity contribution in [3.05, 3.63) is 65.1 Å². The Balaban J connectivity index is 1.72. The lowest BCUT2D eigenvalue weighted by Gasteiger charge is -2.02. The Labute approximate surface area is 146 Å². The molecular weight excluding hydrogens is 345 g/mol. The highest BCUT2D eigenvalue weighted by molar-refractivity contribution is 6.33. The van der Waals surface area contributed by atoms with Gasteiger partial charge in [0.1, 0.15) is 5.82 Å². The van der Waals surface area contributed by atoms with Gasteiger partial charge in [-0.1, -0.05) is 34.1 Å². The summed E-state index contributed by atoms with van der Waals surface area (Å²) >= 11 is 6.16.